The van der Waals surface area contributed by atoms with Crippen LogP contribution in [0.2, 0.25) is 0 Å². The molecular formula is C45H28N4O. The lowest BCUT2D eigenvalue weighted by atomic mass is 10.0. The van der Waals surface area contributed by atoms with Crippen molar-refractivity contribution in [1.82, 2.24) is 19.5 Å². The maximum Gasteiger partial charge on any atom is 0.164 e. The van der Waals surface area contributed by atoms with Gasteiger partial charge in [-0.3, -0.25) is 0 Å². The predicted molar refractivity (Wildman–Crippen MR) is 203 cm³/mol. The summed E-state index contributed by atoms with van der Waals surface area (Å²) in [6.07, 6.45) is 0. The average Bonchev–Trinajstić information content (AvgIpc) is 3.72. The lowest BCUT2D eigenvalue weighted by Crippen LogP contribution is -2.00. The minimum absolute atomic E-state index is 0.608. The highest BCUT2D eigenvalue weighted by Gasteiger charge is 2.18. The SMILES string of the molecule is c1ccc(-c2cccc(-c3nc(-c4ccccc4)nc(-c4ccc5oc6cc7c(cc6c5c4)c4ccccc4n7-c4ccccc4)n3)c2)cc1. The lowest BCUT2D eigenvalue weighted by molar-refractivity contribution is 0.669. The molecule has 7 aromatic carbocycles. The van der Waals surface area contributed by atoms with Crippen molar-refractivity contribution in [2.75, 3.05) is 0 Å². The second-order valence-corrected chi connectivity index (χ2v) is 12.5. The molecule has 0 aliphatic carbocycles. The molecule has 0 amide bonds. The average molecular weight is 641 g/mol. The van der Waals surface area contributed by atoms with Gasteiger partial charge in [0.25, 0.3) is 0 Å². The fourth-order valence-electron chi connectivity index (χ4n) is 7.05. The van der Waals surface area contributed by atoms with Gasteiger partial charge in [0.15, 0.2) is 17.5 Å². The summed E-state index contributed by atoms with van der Waals surface area (Å²) in [6.45, 7) is 0. The third-order valence-electron chi connectivity index (χ3n) is 9.43. The van der Waals surface area contributed by atoms with Crippen LogP contribution in [-0.2, 0) is 0 Å². The Balaban J connectivity index is 1.16. The third kappa shape index (κ3) is 4.67. The van der Waals surface area contributed by atoms with Gasteiger partial charge in [0.1, 0.15) is 11.2 Å². The topological polar surface area (TPSA) is 56.7 Å². The van der Waals surface area contributed by atoms with Crippen molar-refractivity contribution in [2.45, 2.75) is 0 Å². The van der Waals surface area contributed by atoms with E-state index in [0.29, 0.717) is 17.5 Å². The summed E-state index contributed by atoms with van der Waals surface area (Å²) in [5.41, 5.74) is 10.1. The van der Waals surface area contributed by atoms with Crippen LogP contribution in [0.1, 0.15) is 0 Å². The van der Waals surface area contributed by atoms with Crippen LogP contribution in [0.5, 0.6) is 0 Å². The highest BCUT2D eigenvalue weighted by Crippen LogP contribution is 2.39. The number of para-hydroxylation sites is 2. The number of benzene rings is 7. The number of hydrogen-bond donors (Lipinski definition) is 0. The van der Waals surface area contributed by atoms with Gasteiger partial charge >= 0.3 is 0 Å². The van der Waals surface area contributed by atoms with E-state index >= 15 is 0 Å². The molecule has 0 bridgehead atoms. The van der Waals surface area contributed by atoms with Gasteiger partial charge in [-0.25, -0.2) is 15.0 Å². The number of nitrogens with zero attached hydrogens (tertiary/aromatic N) is 4. The van der Waals surface area contributed by atoms with Crippen molar-refractivity contribution in [3.8, 4) is 51.0 Å². The minimum atomic E-state index is 0.608. The standard InChI is InChI=1S/C45H28N4O/c1-4-13-29(14-5-1)31-17-12-18-32(25-31)44-46-43(30-15-6-2-7-16-30)47-45(48-44)33-23-24-41-37(26-33)38-27-36-35-21-10-11-22-39(35)49(34-19-8-3-9-20-34)40(36)28-42(38)50-41/h1-28H. The summed E-state index contributed by atoms with van der Waals surface area (Å²) >= 11 is 0. The van der Waals surface area contributed by atoms with Gasteiger partial charge < -0.3 is 8.98 Å². The molecule has 0 fully saturated rings. The Labute approximate surface area is 287 Å². The highest BCUT2D eigenvalue weighted by molar-refractivity contribution is 6.17. The molecule has 5 heteroatoms. The maximum absolute atomic E-state index is 6.51. The number of rotatable bonds is 5. The van der Waals surface area contributed by atoms with Gasteiger partial charge in [-0.2, -0.15) is 0 Å². The van der Waals surface area contributed by atoms with Crippen LogP contribution in [0.4, 0.5) is 0 Å². The number of fused-ring (bicyclic) bond motifs is 6. The van der Waals surface area contributed by atoms with E-state index in [-0.39, 0.29) is 0 Å². The van der Waals surface area contributed by atoms with Crippen LogP contribution in [-0.4, -0.2) is 19.5 Å². The zero-order chi connectivity index (χ0) is 33.0. The number of furan rings is 1. The van der Waals surface area contributed by atoms with Crippen LogP contribution in [0.25, 0.3) is 94.7 Å². The molecule has 0 saturated heterocycles. The molecule has 50 heavy (non-hydrogen) atoms. The van der Waals surface area contributed by atoms with E-state index in [4.69, 9.17) is 19.4 Å². The van der Waals surface area contributed by atoms with Gasteiger partial charge in [-0.1, -0.05) is 115 Å². The predicted octanol–water partition coefficient (Wildman–Crippen LogP) is 11.5. The first-order valence-corrected chi connectivity index (χ1v) is 16.7. The lowest BCUT2D eigenvalue weighted by Gasteiger charge is -2.10. The zero-order valence-corrected chi connectivity index (χ0v) is 26.9. The summed E-state index contributed by atoms with van der Waals surface area (Å²) in [4.78, 5) is 15.1. The molecule has 0 unspecified atom stereocenters. The molecule has 0 aliphatic heterocycles. The monoisotopic (exact) mass is 640 g/mol. The summed E-state index contributed by atoms with van der Waals surface area (Å²) < 4.78 is 8.83. The summed E-state index contributed by atoms with van der Waals surface area (Å²) in [7, 11) is 0. The van der Waals surface area contributed by atoms with Crippen molar-refractivity contribution in [2.24, 2.45) is 0 Å². The Kier molecular flexibility index (Phi) is 6.42. The second kappa shape index (κ2) is 11.4. The van der Waals surface area contributed by atoms with E-state index in [2.05, 4.69) is 120 Å². The number of hydrogen-bond acceptors (Lipinski definition) is 4. The molecule has 3 aromatic heterocycles. The molecular weight excluding hydrogens is 613 g/mol. The first-order chi connectivity index (χ1) is 24.8. The van der Waals surface area contributed by atoms with Gasteiger partial charge in [0.05, 0.1) is 11.0 Å². The molecule has 0 spiro atoms. The Morgan fingerprint density at radius 2 is 0.920 bits per heavy atom. The highest BCUT2D eigenvalue weighted by atomic mass is 16.3. The molecule has 0 saturated carbocycles. The molecule has 3 heterocycles. The molecule has 10 rings (SSSR count). The Hall–Kier alpha value is -6.85. The van der Waals surface area contributed by atoms with Crippen molar-refractivity contribution in [1.29, 1.82) is 0 Å². The smallest absolute Gasteiger partial charge is 0.164 e. The zero-order valence-electron chi connectivity index (χ0n) is 26.9. The van der Waals surface area contributed by atoms with Crippen molar-refractivity contribution >= 4 is 43.7 Å². The van der Waals surface area contributed by atoms with Crippen LogP contribution in [0.15, 0.2) is 174 Å². The normalized spacial score (nSPS) is 11.6. The summed E-state index contributed by atoms with van der Waals surface area (Å²) in [6, 6.07) is 58.6. The fraction of sp³-hybridized carbons (Fsp3) is 0. The molecule has 0 N–H and O–H groups in total. The largest absolute Gasteiger partial charge is 0.456 e. The first-order valence-electron chi connectivity index (χ1n) is 16.7. The fourth-order valence-corrected chi connectivity index (χ4v) is 7.05. The van der Waals surface area contributed by atoms with Crippen molar-refractivity contribution in [3.63, 3.8) is 0 Å². The van der Waals surface area contributed by atoms with E-state index in [9.17, 15) is 0 Å². The van der Waals surface area contributed by atoms with Crippen LogP contribution in [0, 0.1) is 0 Å². The van der Waals surface area contributed by atoms with Crippen LogP contribution in [0.3, 0.4) is 0 Å². The van der Waals surface area contributed by atoms with Crippen LogP contribution < -0.4 is 0 Å². The minimum Gasteiger partial charge on any atom is -0.456 e. The van der Waals surface area contributed by atoms with E-state index in [1.807, 2.05) is 54.6 Å². The summed E-state index contributed by atoms with van der Waals surface area (Å²) in [5, 5.41) is 4.45. The quantitative estimate of drug-likeness (QED) is 0.188. The molecule has 0 radical (unpaired) electrons. The van der Waals surface area contributed by atoms with Gasteiger partial charge in [0, 0.05) is 50.0 Å². The van der Waals surface area contributed by atoms with Crippen LogP contribution >= 0.6 is 0 Å². The Bertz CT molecular complexity index is 2860. The van der Waals surface area contributed by atoms with Gasteiger partial charge in [-0.05, 0) is 59.7 Å². The molecule has 0 aliphatic rings. The third-order valence-corrected chi connectivity index (χ3v) is 9.43. The van der Waals surface area contributed by atoms with E-state index < -0.39 is 0 Å². The van der Waals surface area contributed by atoms with Gasteiger partial charge in [0.2, 0.25) is 0 Å². The first kappa shape index (κ1) is 28.2. The molecule has 5 nitrogen and oxygen atoms in total. The van der Waals surface area contributed by atoms with Crippen molar-refractivity contribution < 1.29 is 4.42 Å². The van der Waals surface area contributed by atoms with E-state index in [1.54, 1.807) is 0 Å². The Morgan fingerprint density at radius 1 is 0.340 bits per heavy atom. The molecule has 10 aromatic rings. The maximum atomic E-state index is 6.51. The second-order valence-electron chi connectivity index (χ2n) is 12.5. The van der Waals surface area contributed by atoms with Crippen molar-refractivity contribution in [3.05, 3.63) is 170 Å². The number of aromatic nitrogens is 4. The van der Waals surface area contributed by atoms with E-state index in [0.717, 1.165) is 66.5 Å². The molecule has 234 valence electrons. The Morgan fingerprint density at radius 3 is 1.68 bits per heavy atom. The van der Waals surface area contributed by atoms with E-state index in [1.165, 1.54) is 10.8 Å². The molecule has 0 atom stereocenters. The summed E-state index contributed by atoms with van der Waals surface area (Å²) in [5.74, 6) is 1.86. The van der Waals surface area contributed by atoms with Gasteiger partial charge in [-0.15, -0.1) is 0 Å².